The molecule has 0 saturated carbocycles. The predicted octanol–water partition coefficient (Wildman–Crippen LogP) is 3.59. The van der Waals surface area contributed by atoms with Gasteiger partial charge in [-0.1, -0.05) is 61.2 Å². The van der Waals surface area contributed by atoms with Crippen molar-refractivity contribution in [1.82, 2.24) is 0 Å². The fourth-order valence-electron chi connectivity index (χ4n) is 1.78. The summed E-state index contributed by atoms with van der Waals surface area (Å²) in [5.41, 5.74) is 1.47. The van der Waals surface area contributed by atoms with Crippen molar-refractivity contribution in [3.63, 3.8) is 0 Å². The average molecular weight is 188 g/mol. The van der Waals surface area contributed by atoms with Crippen molar-refractivity contribution in [1.29, 1.82) is 0 Å². The Morgan fingerprint density at radius 1 is 1.00 bits per heavy atom. The summed E-state index contributed by atoms with van der Waals surface area (Å²) >= 11 is 0. The summed E-state index contributed by atoms with van der Waals surface area (Å²) in [5, 5.41) is 1.72. The topological polar surface area (TPSA) is 0 Å². The van der Waals surface area contributed by atoms with Crippen LogP contribution in [0.1, 0.15) is 11.5 Å². The second kappa shape index (κ2) is 2.84. The van der Waals surface area contributed by atoms with Crippen LogP contribution in [0.3, 0.4) is 0 Å². The van der Waals surface area contributed by atoms with Crippen molar-refractivity contribution in [2.45, 2.75) is 25.6 Å². The van der Waals surface area contributed by atoms with Gasteiger partial charge in [-0.25, -0.2) is 0 Å². The number of hydrogen-bond donors (Lipinski definition) is 0. The zero-order valence-corrected chi connectivity index (χ0v) is 9.54. The lowest BCUT2D eigenvalue weighted by molar-refractivity contribution is 1.21. The molecule has 0 nitrogen and oxygen atoms in total. The highest BCUT2D eigenvalue weighted by Gasteiger charge is 2.35. The molecule has 68 valence electrons. The van der Waals surface area contributed by atoms with E-state index in [2.05, 4.69) is 56.0 Å². The SMILES string of the molecule is C[Si](C)(C)C1=C[C@H]1c1ccccc1. The van der Waals surface area contributed by atoms with Gasteiger partial charge in [-0.2, -0.15) is 0 Å². The molecule has 1 aliphatic rings. The summed E-state index contributed by atoms with van der Waals surface area (Å²) < 4.78 is 0. The highest BCUT2D eigenvalue weighted by Crippen LogP contribution is 2.44. The molecule has 0 amide bonds. The minimum Gasteiger partial charge on any atom is -0.0771 e. The Morgan fingerprint density at radius 3 is 2.08 bits per heavy atom. The minimum atomic E-state index is -1.01. The summed E-state index contributed by atoms with van der Waals surface area (Å²) in [6.45, 7) is 7.26. The van der Waals surface area contributed by atoms with Crippen LogP contribution in [0.2, 0.25) is 19.6 Å². The van der Waals surface area contributed by atoms with E-state index < -0.39 is 8.07 Å². The summed E-state index contributed by atoms with van der Waals surface area (Å²) in [4.78, 5) is 0. The van der Waals surface area contributed by atoms with Crippen molar-refractivity contribution in [3.8, 4) is 0 Å². The van der Waals surface area contributed by atoms with Gasteiger partial charge in [-0.3, -0.25) is 0 Å². The van der Waals surface area contributed by atoms with Crippen LogP contribution >= 0.6 is 0 Å². The highest BCUT2D eigenvalue weighted by molar-refractivity contribution is 6.84. The maximum absolute atomic E-state index is 2.43. The van der Waals surface area contributed by atoms with E-state index in [0.29, 0.717) is 5.92 Å². The Morgan fingerprint density at radius 2 is 1.62 bits per heavy atom. The molecule has 0 fully saturated rings. The van der Waals surface area contributed by atoms with Crippen molar-refractivity contribution < 1.29 is 0 Å². The molecule has 0 aromatic heterocycles. The van der Waals surface area contributed by atoms with E-state index in [0.717, 1.165) is 0 Å². The van der Waals surface area contributed by atoms with E-state index in [9.17, 15) is 0 Å². The Kier molecular flexibility index (Phi) is 1.92. The summed E-state index contributed by atoms with van der Waals surface area (Å²) in [5.74, 6) is 0.688. The minimum absolute atomic E-state index is 0.688. The molecule has 1 aliphatic carbocycles. The Labute approximate surface area is 81.3 Å². The molecular weight excluding hydrogens is 172 g/mol. The van der Waals surface area contributed by atoms with Crippen LogP contribution in [0.5, 0.6) is 0 Å². The maximum Gasteiger partial charge on any atom is 0.0732 e. The first-order valence-corrected chi connectivity index (χ1v) is 8.36. The van der Waals surface area contributed by atoms with E-state index in [4.69, 9.17) is 0 Å². The van der Waals surface area contributed by atoms with Crippen LogP contribution in [0, 0.1) is 0 Å². The van der Waals surface area contributed by atoms with Crippen molar-refractivity contribution in [2.75, 3.05) is 0 Å². The second-order valence-electron chi connectivity index (χ2n) is 4.76. The van der Waals surface area contributed by atoms with Gasteiger partial charge in [0.25, 0.3) is 0 Å². The Balaban J connectivity index is 2.12. The first-order valence-electron chi connectivity index (χ1n) is 4.86. The fourth-order valence-corrected chi connectivity index (χ4v) is 3.55. The van der Waals surface area contributed by atoms with Crippen LogP contribution < -0.4 is 0 Å². The van der Waals surface area contributed by atoms with Gasteiger partial charge in [0, 0.05) is 5.92 Å². The molecule has 1 atom stereocenters. The molecule has 0 aliphatic heterocycles. The van der Waals surface area contributed by atoms with E-state index in [-0.39, 0.29) is 0 Å². The van der Waals surface area contributed by atoms with Gasteiger partial charge in [0.15, 0.2) is 0 Å². The third-order valence-electron chi connectivity index (χ3n) is 2.60. The normalized spacial score (nSPS) is 21.2. The summed E-state index contributed by atoms with van der Waals surface area (Å²) in [6.07, 6.45) is 2.43. The molecule has 0 bridgehead atoms. The molecule has 0 heterocycles. The van der Waals surface area contributed by atoms with Crippen LogP contribution in [-0.2, 0) is 0 Å². The number of benzene rings is 1. The predicted molar refractivity (Wildman–Crippen MR) is 60.6 cm³/mol. The van der Waals surface area contributed by atoms with Gasteiger partial charge in [0.1, 0.15) is 0 Å². The average Bonchev–Trinajstić information content (AvgIpc) is 2.83. The molecule has 0 N–H and O–H groups in total. The molecule has 0 radical (unpaired) electrons. The lowest BCUT2D eigenvalue weighted by Crippen LogP contribution is -2.19. The Bertz CT molecular complexity index is 330. The first-order chi connectivity index (χ1) is 6.09. The van der Waals surface area contributed by atoms with E-state index in [1.54, 1.807) is 5.20 Å². The van der Waals surface area contributed by atoms with Gasteiger partial charge in [0.2, 0.25) is 0 Å². The Hall–Kier alpha value is -0.823. The van der Waals surface area contributed by atoms with Crippen LogP contribution in [0.4, 0.5) is 0 Å². The highest BCUT2D eigenvalue weighted by atomic mass is 28.3. The molecule has 13 heavy (non-hydrogen) atoms. The van der Waals surface area contributed by atoms with Crippen LogP contribution in [-0.4, -0.2) is 8.07 Å². The molecular formula is C12H16Si. The number of allylic oxidation sites excluding steroid dienone is 2. The third-order valence-corrected chi connectivity index (χ3v) is 4.81. The summed E-state index contributed by atoms with van der Waals surface area (Å²) in [6, 6.07) is 10.8. The molecule has 1 aromatic rings. The zero-order valence-electron chi connectivity index (χ0n) is 8.54. The van der Waals surface area contributed by atoms with Crippen LogP contribution in [0.15, 0.2) is 41.6 Å². The largest absolute Gasteiger partial charge is 0.0771 e. The standard InChI is InChI=1S/C12H16Si/c1-13(2,3)12-9-11(12)10-7-5-4-6-8-10/h4-9,11H,1-3H3/t11-/m0/s1. The van der Waals surface area contributed by atoms with Crippen molar-refractivity contribution in [3.05, 3.63) is 47.2 Å². The van der Waals surface area contributed by atoms with Crippen LogP contribution in [0.25, 0.3) is 0 Å². The first kappa shape index (κ1) is 8.76. The number of rotatable bonds is 2. The van der Waals surface area contributed by atoms with E-state index >= 15 is 0 Å². The molecule has 1 heteroatoms. The molecule has 0 saturated heterocycles. The van der Waals surface area contributed by atoms with Gasteiger partial charge >= 0.3 is 0 Å². The lowest BCUT2D eigenvalue weighted by Gasteiger charge is -2.13. The molecule has 2 rings (SSSR count). The zero-order chi connectivity index (χ0) is 9.47. The van der Waals surface area contributed by atoms with Gasteiger partial charge in [-0.15, -0.1) is 0 Å². The smallest absolute Gasteiger partial charge is 0.0732 e. The maximum atomic E-state index is 2.43. The lowest BCUT2D eigenvalue weighted by atomic mass is 10.1. The van der Waals surface area contributed by atoms with E-state index in [1.165, 1.54) is 5.56 Å². The molecule has 0 unspecified atom stereocenters. The van der Waals surface area contributed by atoms with Gasteiger partial charge in [-0.05, 0) is 5.56 Å². The fraction of sp³-hybridized carbons (Fsp3) is 0.333. The summed E-state index contributed by atoms with van der Waals surface area (Å²) in [7, 11) is -1.01. The van der Waals surface area contributed by atoms with E-state index in [1.807, 2.05) is 0 Å². The van der Waals surface area contributed by atoms with Gasteiger partial charge in [0.05, 0.1) is 8.07 Å². The van der Waals surface area contributed by atoms with Crippen molar-refractivity contribution in [2.24, 2.45) is 0 Å². The van der Waals surface area contributed by atoms with Gasteiger partial charge < -0.3 is 0 Å². The number of hydrogen-bond acceptors (Lipinski definition) is 0. The molecule has 0 spiro atoms. The second-order valence-corrected chi connectivity index (χ2v) is 9.84. The third kappa shape index (κ3) is 1.75. The molecule has 1 aromatic carbocycles. The van der Waals surface area contributed by atoms with Crippen molar-refractivity contribution >= 4 is 8.07 Å². The monoisotopic (exact) mass is 188 g/mol. The quantitative estimate of drug-likeness (QED) is 0.622.